The maximum atomic E-state index is 9.56. The van der Waals surface area contributed by atoms with Gasteiger partial charge in [0, 0.05) is 10.6 Å². The van der Waals surface area contributed by atoms with Crippen LogP contribution in [0.3, 0.4) is 0 Å². The Balaban J connectivity index is 1.86. The largest absolute Gasteiger partial charge is 0.486 e. The Morgan fingerprint density at radius 3 is 2.32 bits per heavy atom. The fourth-order valence-corrected chi connectivity index (χ4v) is 4.29. The van der Waals surface area contributed by atoms with Crippen LogP contribution in [0.15, 0.2) is 69.6 Å². The third-order valence-corrected chi connectivity index (χ3v) is 5.69. The Hall–Kier alpha value is -2.06. The van der Waals surface area contributed by atoms with Crippen molar-refractivity contribution in [1.82, 2.24) is 0 Å². The van der Waals surface area contributed by atoms with Crippen molar-refractivity contribution in [1.29, 1.82) is 5.26 Å². The van der Waals surface area contributed by atoms with Gasteiger partial charge < -0.3 is 4.74 Å². The van der Waals surface area contributed by atoms with E-state index in [0.29, 0.717) is 23.0 Å². The number of ether oxygens (including phenoxy) is 1. The van der Waals surface area contributed by atoms with Crippen LogP contribution in [0.4, 0.5) is 0 Å². The summed E-state index contributed by atoms with van der Waals surface area (Å²) in [4.78, 5) is 0. The van der Waals surface area contributed by atoms with Gasteiger partial charge in [-0.1, -0.05) is 59.6 Å². The van der Waals surface area contributed by atoms with E-state index in [1.165, 1.54) is 0 Å². The summed E-state index contributed by atoms with van der Waals surface area (Å²) >= 11 is 13.3. The van der Waals surface area contributed by atoms with Crippen molar-refractivity contribution in [2.24, 2.45) is 0 Å². The van der Waals surface area contributed by atoms with E-state index in [-0.39, 0.29) is 0 Å². The van der Waals surface area contributed by atoms with Gasteiger partial charge in [0.25, 0.3) is 0 Å². The lowest BCUT2D eigenvalue weighted by molar-refractivity contribution is 0.302. The molecule has 0 unspecified atom stereocenters. The van der Waals surface area contributed by atoms with Crippen molar-refractivity contribution in [3.8, 4) is 11.8 Å². The van der Waals surface area contributed by atoms with Gasteiger partial charge in [0.15, 0.2) is 0 Å². The first-order valence-electron chi connectivity index (χ1n) is 8.52. The summed E-state index contributed by atoms with van der Waals surface area (Å²) in [5.74, 6) is 0.686. The summed E-state index contributed by atoms with van der Waals surface area (Å²) in [6.07, 6.45) is 1.86. The zero-order valence-corrected chi connectivity index (χ0v) is 19.0. The molecule has 28 heavy (non-hydrogen) atoms. The molecule has 0 bridgehead atoms. The highest BCUT2D eigenvalue weighted by atomic mass is 79.9. The van der Waals surface area contributed by atoms with Gasteiger partial charge in [-0.25, -0.2) is 0 Å². The van der Waals surface area contributed by atoms with Crippen molar-refractivity contribution in [3.05, 3.63) is 96.9 Å². The number of aryl methyl sites for hydroxylation is 1. The van der Waals surface area contributed by atoms with Crippen LogP contribution in [-0.2, 0) is 6.61 Å². The molecule has 3 aromatic carbocycles. The van der Waals surface area contributed by atoms with E-state index < -0.39 is 0 Å². The summed E-state index contributed by atoms with van der Waals surface area (Å²) < 4.78 is 7.54. The molecule has 0 heterocycles. The van der Waals surface area contributed by atoms with Crippen LogP contribution in [0.5, 0.6) is 5.75 Å². The lowest BCUT2D eigenvalue weighted by Crippen LogP contribution is -1.98. The fourth-order valence-electron chi connectivity index (χ4n) is 2.65. The first kappa shape index (κ1) is 20.7. The Kier molecular flexibility index (Phi) is 6.96. The molecule has 5 heteroatoms. The Labute approximate surface area is 186 Å². The molecule has 0 atom stereocenters. The average molecular weight is 518 g/mol. The molecule has 0 aliphatic heterocycles. The fraction of sp³-hybridized carbons (Fsp3) is 0.0870. The first-order chi connectivity index (χ1) is 13.5. The standard InChI is InChI=1S/C23H16Br2ClNO/c1-15-6-8-17(9-7-15)19(13-27)10-16-11-20(24)23(21(25)12-16)28-14-18-4-2-3-5-22(18)26/h2-12H,14H2,1H3/b19-10-. The number of hydrogen-bond acceptors (Lipinski definition) is 2. The van der Waals surface area contributed by atoms with Crippen LogP contribution < -0.4 is 4.74 Å². The first-order valence-corrected chi connectivity index (χ1v) is 10.5. The number of halogens is 3. The summed E-state index contributed by atoms with van der Waals surface area (Å²) in [6, 6.07) is 21.6. The third-order valence-electron chi connectivity index (χ3n) is 4.14. The molecule has 0 spiro atoms. The smallest absolute Gasteiger partial charge is 0.148 e. The highest BCUT2D eigenvalue weighted by Gasteiger charge is 2.11. The molecule has 0 N–H and O–H groups in total. The van der Waals surface area contributed by atoms with Crippen molar-refractivity contribution < 1.29 is 4.74 Å². The molecule has 0 radical (unpaired) electrons. The van der Waals surface area contributed by atoms with Crippen LogP contribution in [0.25, 0.3) is 11.6 Å². The number of allylic oxidation sites excluding steroid dienone is 1. The second-order valence-electron chi connectivity index (χ2n) is 6.23. The predicted molar refractivity (Wildman–Crippen MR) is 122 cm³/mol. The van der Waals surface area contributed by atoms with Crippen molar-refractivity contribution in [2.75, 3.05) is 0 Å². The molecule has 0 aromatic heterocycles. The number of benzene rings is 3. The van der Waals surface area contributed by atoms with Crippen LogP contribution in [0.1, 0.15) is 22.3 Å². The molecule has 2 nitrogen and oxygen atoms in total. The lowest BCUT2D eigenvalue weighted by atomic mass is 10.0. The highest BCUT2D eigenvalue weighted by Crippen LogP contribution is 2.36. The van der Waals surface area contributed by atoms with Crippen LogP contribution in [-0.4, -0.2) is 0 Å². The van der Waals surface area contributed by atoms with E-state index in [0.717, 1.165) is 31.2 Å². The Bertz CT molecular complexity index is 1050. The molecule has 0 saturated heterocycles. The van der Waals surface area contributed by atoms with E-state index in [1.807, 2.05) is 73.7 Å². The molecule has 0 amide bonds. The Morgan fingerprint density at radius 2 is 1.71 bits per heavy atom. The monoisotopic (exact) mass is 515 g/mol. The van der Waals surface area contributed by atoms with Crippen molar-refractivity contribution >= 4 is 55.1 Å². The second-order valence-corrected chi connectivity index (χ2v) is 8.35. The van der Waals surface area contributed by atoms with Crippen molar-refractivity contribution in [3.63, 3.8) is 0 Å². The van der Waals surface area contributed by atoms with Gasteiger partial charge in [0.2, 0.25) is 0 Å². The third kappa shape index (κ3) is 5.05. The van der Waals surface area contributed by atoms with Crippen LogP contribution in [0.2, 0.25) is 5.02 Å². The lowest BCUT2D eigenvalue weighted by Gasteiger charge is -2.12. The number of nitriles is 1. The van der Waals surface area contributed by atoms with Gasteiger partial charge in [-0.2, -0.15) is 5.26 Å². The molecule has 140 valence electrons. The van der Waals surface area contributed by atoms with Gasteiger partial charge in [-0.15, -0.1) is 0 Å². The molecule has 0 fully saturated rings. The molecular formula is C23H16Br2ClNO. The molecule has 0 aliphatic rings. The van der Waals surface area contributed by atoms with Gasteiger partial charge in [-0.05, 0) is 74.2 Å². The normalized spacial score (nSPS) is 11.2. The molecule has 3 aromatic rings. The van der Waals surface area contributed by atoms with E-state index in [2.05, 4.69) is 37.9 Å². The SMILES string of the molecule is Cc1ccc(/C(C#N)=C\c2cc(Br)c(OCc3ccccc3Cl)c(Br)c2)cc1. The molecule has 3 rings (SSSR count). The zero-order chi connectivity index (χ0) is 20.1. The highest BCUT2D eigenvalue weighted by molar-refractivity contribution is 9.11. The van der Waals surface area contributed by atoms with E-state index in [4.69, 9.17) is 16.3 Å². The average Bonchev–Trinajstić information content (AvgIpc) is 2.67. The maximum Gasteiger partial charge on any atom is 0.148 e. The van der Waals surface area contributed by atoms with Gasteiger partial charge in [0.05, 0.1) is 20.6 Å². The minimum Gasteiger partial charge on any atom is -0.486 e. The maximum absolute atomic E-state index is 9.56. The molecule has 0 aliphatic carbocycles. The van der Waals surface area contributed by atoms with E-state index in [9.17, 15) is 5.26 Å². The van der Waals surface area contributed by atoms with Gasteiger partial charge in [0.1, 0.15) is 12.4 Å². The zero-order valence-electron chi connectivity index (χ0n) is 15.0. The van der Waals surface area contributed by atoms with Gasteiger partial charge in [-0.3, -0.25) is 0 Å². The summed E-state index contributed by atoms with van der Waals surface area (Å²) in [5.41, 5.74) is 4.45. The molecular weight excluding hydrogens is 502 g/mol. The predicted octanol–water partition coefficient (Wildman–Crippen LogP) is 7.82. The minimum atomic E-state index is 0.360. The Morgan fingerprint density at radius 1 is 1.07 bits per heavy atom. The van der Waals surface area contributed by atoms with Crippen LogP contribution in [0, 0.1) is 18.3 Å². The second kappa shape index (κ2) is 9.43. The topological polar surface area (TPSA) is 33.0 Å². The number of rotatable bonds is 5. The van der Waals surface area contributed by atoms with E-state index >= 15 is 0 Å². The summed E-state index contributed by atoms with van der Waals surface area (Å²) in [5, 5.41) is 10.2. The van der Waals surface area contributed by atoms with Crippen molar-refractivity contribution in [2.45, 2.75) is 13.5 Å². The molecule has 0 saturated carbocycles. The minimum absolute atomic E-state index is 0.360. The number of hydrogen-bond donors (Lipinski definition) is 0. The summed E-state index contributed by atoms with van der Waals surface area (Å²) in [7, 11) is 0. The number of nitrogens with zero attached hydrogens (tertiary/aromatic N) is 1. The van der Waals surface area contributed by atoms with Crippen LogP contribution >= 0.6 is 43.5 Å². The quantitative estimate of drug-likeness (QED) is 0.255. The van der Waals surface area contributed by atoms with Gasteiger partial charge >= 0.3 is 0 Å². The van der Waals surface area contributed by atoms with E-state index in [1.54, 1.807) is 0 Å². The summed E-state index contributed by atoms with van der Waals surface area (Å²) in [6.45, 7) is 2.38.